The van der Waals surface area contributed by atoms with Crippen LogP contribution in [0.3, 0.4) is 0 Å². The van der Waals surface area contributed by atoms with E-state index < -0.39 is 0 Å². The second-order valence-electron chi connectivity index (χ2n) is 5.55. The van der Waals surface area contributed by atoms with Crippen LogP contribution in [0.1, 0.15) is 45.4 Å². The van der Waals surface area contributed by atoms with Crippen molar-refractivity contribution in [1.82, 2.24) is 5.32 Å². The van der Waals surface area contributed by atoms with Gasteiger partial charge in [0.05, 0.1) is 0 Å². The summed E-state index contributed by atoms with van der Waals surface area (Å²) in [5.74, 6) is 2.06. The quantitative estimate of drug-likeness (QED) is 0.763. The molecule has 0 radical (unpaired) electrons. The lowest BCUT2D eigenvalue weighted by molar-refractivity contribution is -0.123. The van der Waals surface area contributed by atoms with Gasteiger partial charge in [-0.15, -0.1) is 0 Å². The van der Waals surface area contributed by atoms with Gasteiger partial charge in [-0.3, -0.25) is 4.79 Å². The molecule has 2 aliphatic rings. The highest BCUT2D eigenvalue weighted by atomic mass is 16.2. The molecule has 3 heteroatoms. The van der Waals surface area contributed by atoms with E-state index in [0.29, 0.717) is 18.4 Å². The highest BCUT2D eigenvalue weighted by Gasteiger charge is 2.47. The molecule has 2 rings (SSSR count). The molecular weight excluding hydrogens is 200 g/mol. The lowest BCUT2D eigenvalue weighted by atomic mass is 9.85. The van der Waals surface area contributed by atoms with E-state index in [1.807, 2.05) is 6.92 Å². The normalized spacial score (nSPS) is 32.1. The first kappa shape index (κ1) is 11.9. The third kappa shape index (κ3) is 2.76. The van der Waals surface area contributed by atoms with Crippen LogP contribution in [0.5, 0.6) is 0 Å². The van der Waals surface area contributed by atoms with E-state index in [9.17, 15) is 4.79 Å². The van der Waals surface area contributed by atoms with Crippen LogP contribution in [0.2, 0.25) is 0 Å². The highest BCUT2D eigenvalue weighted by molar-refractivity contribution is 5.81. The third-order valence-electron chi connectivity index (χ3n) is 4.17. The van der Waals surface area contributed by atoms with E-state index in [0.717, 1.165) is 12.3 Å². The minimum Gasteiger partial charge on any atom is -0.352 e. The Labute approximate surface area is 98.2 Å². The summed E-state index contributed by atoms with van der Waals surface area (Å²) in [6.45, 7) is 2.50. The maximum absolute atomic E-state index is 11.9. The first-order valence-corrected chi connectivity index (χ1v) is 6.72. The molecule has 0 aliphatic heterocycles. The molecule has 92 valence electrons. The average molecular weight is 224 g/mol. The number of hydrogen-bond donors (Lipinski definition) is 2. The minimum atomic E-state index is 0.125. The maximum Gasteiger partial charge on any atom is 0.223 e. The highest BCUT2D eigenvalue weighted by Crippen LogP contribution is 2.49. The second-order valence-corrected chi connectivity index (χ2v) is 5.55. The number of nitrogens with two attached hydrogens (primary N) is 1. The average Bonchev–Trinajstić information content (AvgIpc) is 3.10. The zero-order valence-electron chi connectivity index (χ0n) is 10.2. The summed E-state index contributed by atoms with van der Waals surface area (Å²) in [6.07, 6.45) is 7.95. The van der Waals surface area contributed by atoms with Crippen molar-refractivity contribution in [3.05, 3.63) is 0 Å². The first-order valence-electron chi connectivity index (χ1n) is 6.72. The SMILES string of the molecule is C[C@@H](CN)NC(=O)C1CC1C1CCCCC1. The van der Waals surface area contributed by atoms with Crippen molar-refractivity contribution in [1.29, 1.82) is 0 Å². The summed E-state index contributed by atoms with van der Waals surface area (Å²) in [5, 5.41) is 3.00. The van der Waals surface area contributed by atoms with Crippen LogP contribution in [0, 0.1) is 17.8 Å². The van der Waals surface area contributed by atoms with Crippen molar-refractivity contribution in [2.24, 2.45) is 23.5 Å². The lowest BCUT2D eigenvalue weighted by Gasteiger charge is -2.21. The molecule has 2 aliphatic carbocycles. The van der Waals surface area contributed by atoms with Crippen LogP contribution in [-0.2, 0) is 4.79 Å². The Balaban J connectivity index is 1.75. The number of hydrogen-bond acceptors (Lipinski definition) is 2. The fourth-order valence-corrected chi connectivity index (χ4v) is 3.01. The molecule has 0 aromatic heterocycles. The Kier molecular flexibility index (Phi) is 3.85. The Hall–Kier alpha value is -0.570. The number of carbonyl (C=O) groups is 1. The van der Waals surface area contributed by atoms with E-state index in [1.165, 1.54) is 32.1 Å². The first-order chi connectivity index (χ1) is 7.72. The van der Waals surface area contributed by atoms with Gasteiger partial charge in [0.15, 0.2) is 0 Å². The fourth-order valence-electron chi connectivity index (χ4n) is 3.01. The second kappa shape index (κ2) is 5.17. The van der Waals surface area contributed by atoms with Crippen molar-refractivity contribution in [2.75, 3.05) is 6.54 Å². The summed E-state index contributed by atoms with van der Waals surface area (Å²) in [4.78, 5) is 11.9. The van der Waals surface area contributed by atoms with Gasteiger partial charge in [0.2, 0.25) is 5.91 Å². The maximum atomic E-state index is 11.9. The zero-order chi connectivity index (χ0) is 11.5. The molecule has 0 aromatic carbocycles. The zero-order valence-corrected chi connectivity index (χ0v) is 10.2. The molecule has 0 heterocycles. The topological polar surface area (TPSA) is 55.1 Å². The smallest absolute Gasteiger partial charge is 0.223 e. The minimum absolute atomic E-state index is 0.125. The Morgan fingerprint density at radius 3 is 2.69 bits per heavy atom. The van der Waals surface area contributed by atoms with Crippen LogP contribution in [0.15, 0.2) is 0 Å². The van der Waals surface area contributed by atoms with Crippen LogP contribution >= 0.6 is 0 Å². The summed E-state index contributed by atoms with van der Waals surface area (Å²) in [6, 6.07) is 0.125. The summed E-state index contributed by atoms with van der Waals surface area (Å²) >= 11 is 0. The van der Waals surface area contributed by atoms with Gasteiger partial charge in [0.1, 0.15) is 0 Å². The van der Waals surface area contributed by atoms with Gasteiger partial charge >= 0.3 is 0 Å². The fraction of sp³-hybridized carbons (Fsp3) is 0.923. The van der Waals surface area contributed by atoms with E-state index >= 15 is 0 Å². The van der Waals surface area contributed by atoms with E-state index in [4.69, 9.17) is 5.73 Å². The largest absolute Gasteiger partial charge is 0.352 e. The van der Waals surface area contributed by atoms with Crippen LogP contribution in [0.25, 0.3) is 0 Å². The molecule has 2 unspecified atom stereocenters. The summed E-state index contributed by atoms with van der Waals surface area (Å²) in [5.41, 5.74) is 5.50. The Bertz CT molecular complexity index is 248. The predicted molar refractivity (Wildman–Crippen MR) is 64.8 cm³/mol. The van der Waals surface area contributed by atoms with E-state index in [-0.39, 0.29) is 11.9 Å². The van der Waals surface area contributed by atoms with E-state index in [2.05, 4.69) is 5.32 Å². The molecule has 3 N–H and O–H groups in total. The number of rotatable bonds is 4. The van der Waals surface area contributed by atoms with Gasteiger partial charge < -0.3 is 11.1 Å². The van der Waals surface area contributed by atoms with Crippen molar-refractivity contribution >= 4 is 5.91 Å². The van der Waals surface area contributed by atoms with Crippen LogP contribution in [0.4, 0.5) is 0 Å². The third-order valence-corrected chi connectivity index (χ3v) is 4.17. The number of carbonyl (C=O) groups excluding carboxylic acids is 1. The number of amides is 1. The Morgan fingerprint density at radius 1 is 1.38 bits per heavy atom. The molecule has 16 heavy (non-hydrogen) atoms. The van der Waals surface area contributed by atoms with Crippen molar-refractivity contribution in [3.63, 3.8) is 0 Å². The summed E-state index contributed by atoms with van der Waals surface area (Å²) < 4.78 is 0. The molecule has 0 spiro atoms. The van der Waals surface area contributed by atoms with Crippen molar-refractivity contribution in [2.45, 2.75) is 51.5 Å². The van der Waals surface area contributed by atoms with Gasteiger partial charge in [0.25, 0.3) is 0 Å². The van der Waals surface area contributed by atoms with Gasteiger partial charge in [-0.1, -0.05) is 32.1 Å². The molecule has 1 amide bonds. The molecule has 3 atom stereocenters. The predicted octanol–water partition coefficient (Wildman–Crippen LogP) is 1.67. The molecule has 2 fully saturated rings. The van der Waals surface area contributed by atoms with Crippen LogP contribution < -0.4 is 11.1 Å². The van der Waals surface area contributed by atoms with Gasteiger partial charge in [0, 0.05) is 18.5 Å². The number of nitrogens with one attached hydrogen (secondary N) is 1. The molecule has 0 aromatic rings. The van der Waals surface area contributed by atoms with Gasteiger partial charge in [-0.25, -0.2) is 0 Å². The molecule has 2 saturated carbocycles. The van der Waals surface area contributed by atoms with Crippen molar-refractivity contribution in [3.8, 4) is 0 Å². The lowest BCUT2D eigenvalue weighted by Crippen LogP contribution is -2.39. The van der Waals surface area contributed by atoms with Crippen LogP contribution in [-0.4, -0.2) is 18.5 Å². The summed E-state index contributed by atoms with van der Waals surface area (Å²) in [7, 11) is 0. The van der Waals surface area contributed by atoms with Crippen molar-refractivity contribution < 1.29 is 4.79 Å². The van der Waals surface area contributed by atoms with E-state index in [1.54, 1.807) is 0 Å². The molecular formula is C13H24N2O. The standard InChI is InChI=1S/C13H24N2O/c1-9(8-14)15-13(16)12-7-11(12)10-5-3-2-4-6-10/h9-12H,2-8,14H2,1H3,(H,15,16)/t9-,11?,12?/m0/s1. The Morgan fingerprint density at radius 2 is 2.06 bits per heavy atom. The molecule has 0 bridgehead atoms. The molecule has 0 saturated heterocycles. The monoisotopic (exact) mass is 224 g/mol. The molecule has 3 nitrogen and oxygen atoms in total. The van der Waals surface area contributed by atoms with Gasteiger partial charge in [-0.2, -0.15) is 0 Å². The van der Waals surface area contributed by atoms with Gasteiger partial charge in [-0.05, 0) is 25.2 Å².